The zero-order valence-corrected chi connectivity index (χ0v) is 13.0. The first-order valence-corrected chi connectivity index (χ1v) is 7.36. The zero-order valence-electron chi connectivity index (χ0n) is 10.7. The number of halogens is 2. The molecule has 0 atom stereocenters. The molecule has 104 valence electrons. The van der Waals surface area contributed by atoms with Crippen LogP contribution in [0.2, 0.25) is 0 Å². The van der Waals surface area contributed by atoms with E-state index in [9.17, 15) is 9.59 Å². The van der Waals surface area contributed by atoms with E-state index < -0.39 is 0 Å². The van der Waals surface area contributed by atoms with E-state index in [-0.39, 0.29) is 22.3 Å². The number of hydrogen-bond acceptors (Lipinski definition) is 3. The Balaban J connectivity index is 2.02. The molecule has 5 heteroatoms. The van der Waals surface area contributed by atoms with Crippen molar-refractivity contribution in [1.29, 1.82) is 0 Å². The molecule has 2 aromatic carbocycles. The standard InChI is InChI=1S/C16H9BrClNO2/c17-9-5-7-10(8-6-9)19-14-13(18)15(20)11-3-1-2-4-12(11)16(14)21/h1-8,19H. The van der Waals surface area contributed by atoms with Gasteiger partial charge in [0.15, 0.2) is 0 Å². The molecule has 1 aliphatic rings. The lowest BCUT2D eigenvalue weighted by Crippen LogP contribution is -2.24. The van der Waals surface area contributed by atoms with Crippen LogP contribution >= 0.6 is 27.5 Å². The third-order valence-corrected chi connectivity index (χ3v) is 4.07. The number of fused-ring (bicyclic) bond motifs is 1. The van der Waals surface area contributed by atoms with Gasteiger partial charge in [0.2, 0.25) is 11.6 Å². The fraction of sp³-hybridized carbons (Fsp3) is 0. The molecule has 0 bridgehead atoms. The summed E-state index contributed by atoms with van der Waals surface area (Å²) < 4.78 is 0.921. The maximum absolute atomic E-state index is 12.5. The van der Waals surface area contributed by atoms with Gasteiger partial charge in [-0.05, 0) is 24.3 Å². The fourth-order valence-electron chi connectivity index (χ4n) is 2.13. The molecule has 2 aromatic rings. The van der Waals surface area contributed by atoms with Crippen molar-refractivity contribution in [3.8, 4) is 0 Å². The van der Waals surface area contributed by atoms with Crippen molar-refractivity contribution in [2.75, 3.05) is 5.32 Å². The van der Waals surface area contributed by atoms with Crippen molar-refractivity contribution in [2.24, 2.45) is 0 Å². The molecule has 3 rings (SSSR count). The molecule has 0 heterocycles. The van der Waals surface area contributed by atoms with Gasteiger partial charge in [-0.25, -0.2) is 0 Å². The van der Waals surface area contributed by atoms with Crippen LogP contribution in [0.5, 0.6) is 0 Å². The highest BCUT2D eigenvalue weighted by molar-refractivity contribution is 9.10. The Morgan fingerprint density at radius 2 is 1.43 bits per heavy atom. The normalized spacial score (nSPS) is 14.2. The molecule has 0 saturated carbocycles. The second-order valence-electron chi connectivity index (χ2n) is 4.52. The Hall–Kier alpha value is -1.91. The Kier molecular flexibility index (Phi) is 3.66. The zero-order chi connectivity index (χ0) is 15.0. The topological polar surface area (TPSA) is 46.2 Å². The first-order valence-electron chi connectivity index (χ1n) is 6.18. The highest BCUT2D eigenvalue weighted by Crippen LogP contribution is 2.29. The number of anilines is 1. The molecular formula is C16H9BrClNO2. The van der Waals surface area contributed by atoms with Crippen LogP contribution in [0.15, 0.2) is 63.7 Å². The summed E-state index contributed by atoms with van der Waals surface area (Å²) >= 11 is 9.41. The molecule has 0 unspecified atom stereocenters. The van der Waals surface area contributed by atoms with Gasteiger partial charge in [0.25, 0.3) is 0 Å². The van der Waals surface area contributed by atoms with E-state index in [2.05, 4.69) is 21.2 Å². The smallest absolute Gasteiger partial charge is 0.211 e. The van der Waals surface area contributed by atoms with Crippen LogP contribution in [-0.4, -0.2) is 11.6 Å². The third-order valence-electron chi connectivity index (χ3n) is 3.18. The SMILES string of the molecule is O=C1C(Cl)=C(Nc2ccc(Br)cc2)C(=O)c2ccccc21. The lowest BCUT2D eigenvalue weighted by atomic mass is 9.92. The van der Waals surface area contributed by atoms with E-state index in [0.717, 1.165) is 4.47 Å². The molecule has 1 N–H and O–H groups in total. The van der Waals surface area contributed by atoms with Crippen LogP contribution in [0, 0.1) is 0 Å². The van der Waals surface area contributed by atoms with E-state index in [1.165, 1.54) is 0 Å². The van der Waals surface area contributed by atoms with Crippen molar-refractivity contribution < 1.29 is 9.59 Å². The number of hydrogen-bond donors (Lipinski definition) is 1. The Morgan fingerprint density at radius 3 is 2.05 bits per heavy atom. The molecular weight excluding hydrogens is 354 g/mol. The second-order valence-corrected chi connectivity index (χ2v) is 5.82. The number of rotatable bonds is 2. The number of benzene rings is 2. The summed E-state index contributed by atoms with van der Waals surface area (Å²) in [5.74, 6) is -0.621. The van der Waals surface area contributed by atoms with Crippen LogP contribution < -0.4 is 5.32 Å². The summed E-state index contributed by atoms with van der Waals surface area (Å²) in [6, 6.07) is 13.9. The lowest BCUT2D eigenvalue weighted by molar-refractivity contribution is 0.0982. The van der Waals surface area contributed by atoms with Crippen molar-refractivity contribution in [3.05, 3.63) is 74.9 Å². The van der Waals surface area contributed by atoms with Crippen molar-refractivity contribution in [2.45, 2.75) is 0 Å². The first-order chi connectivity index (χ1) is 10.1. The van der Waals surface area contributed by atoms with Gasteiger partial charge in [0.1, 0.15) is 10.7 Å². The highest BCUT2D eigenvalue weighted by Gasteiger charge is 2.31. The van der Waals surface area contributed by atoms with E-state index in [0.29, 0.717) is 16.8 Å². The maximum atomic E-state index is 12.5. The molecule has 0 aliphatic heterocycles. The van der Waals surface area contributed by atoms with Crippen molar-refractivity contribution in [1.82, 2.24) is 0 Å². The van der Waals surface area contributed by atoms with Gasteiger partial charge >= 0.3 is 0 Å². The Bertz CT molecular complexity index is 781. The van der Waals surface area contributed by atoms with Crippen LogP contribution in [0.25, 0.3) is 0 Å². The monoisotopic (exact) mass is 361 g/mol. The summed E-state index contributed by atoms with van der Waals surface area (Å²) in [6.07, 6.45) is 0. The van der Waals surface area contributed by atoms with Crippen LogP contribution in [-0.2, 0) is 0 Å². The molecule has 3 nitrogen and oxygen atoms in total. The van der Waals surface area contributed by atoms with E-state index in [1.54, 1.807) is 36.4 Å². The predicted molar refractivity (Wildman–Crippen MR) is 85.7 cm³/mol. The first kappa shape index (κ1) is 14.0. The number of carbonyl (C=O) groups excluding carboxylic acids is 2. The van der Waals surface area contributed by atoms with Crippen LogP contribution in [0.3, 0.4) is 0 Å². The minimum Gasteiger partial charge on any atom is -0.351 e. The molecule has 0 aromatic heterocycles. The van der Waals surface area contributed by atoms with Gasteiger partial charge in [-0.3, -0.25) is 9.59 Å². The number of allylic oxidation sites excluding steroid dienone is 2. The van der Waals surface area contributed by atoms with E-state index in [4.69, 9.17) is 11.6 Å². The van der Waals surface area contributed by atoms with Crippen molar-refractivity contribution >= 4 is 44.8 Å². The molecule has 0 amide bonds. The summed E-state index contributed by atoms with van der Waals surface area (Å²) in [5.41, 5.74) is 1.51. The number of ketones is 2. The van der Waals surface area contributed by atoms with Crippen LogP contribution in [0.1, 0.15) is 20.7 Å². The average Bonchev–Trinajstić information content (AvgIpc) is 2.51. The molecule has 0 fully saturated rings. The Labute approximate surface area is 134 Å². The number of nitrogens with one attached hydrogen (secondary N) is 1. The molecule has 21 heavy (non-hydrogen) atoms. The minimum atomic E-state index is -0.341. The van der Waals surface area contributed by atoms with Gasteiger partial charge in [-0.15, -0.1) is 0 Å². The van der Waals surface area contributed by atoms with Gasteiger partial charge in [0.05, 0.1) is 0 Å². The van der Waals surface area contributed by atoms with Gasteiger partial charge in [0, 0.05) is 21.3 Å². The average molecular weight is 363 g/mol. The van der Waals surface area contributed by atoms with E-state index >= 15 is 0 Å². The summed E-state index contributed by atoms with van der Waals surface area (Å²) in [4.78, 5) is 24.7. The van der Waals surface area contributed by atoms with Gasteiger partial charge in [-0.2, -0.15) is 0 Å². The molecule has 0 saturated heterocycles. The van der Waals surface area contributed by atoms with Gasteiger partial charge < -0.3 is 5.32 Å². The molecule has 0 spiro atoms. The fourth-order valence-corrected chi connectivity index (χ4v) is 2.63. The second kappa shape index (κ2) is 5.47. The largest absolute Gasteiger partial charge is 0.351 e. The van der Waals surface area contributed by atoms with Crippen LogP contribution in [0.4, 0.5) is 5.69 Å². The number of Topliss-reactive ketones (excluding diaryl/α,β-unsaturated/α-hetero) is 2. The molecule has 1 aliphatic carbocycles. The quantitative estimate of drug-likeness (QED) is 0.862. The summed E-state index contributed by atoms with van der Waals surface area (Å²) in [6.45, 7) is 0. The minimum absolute atomic E-state index is 0.0818. The highest BCUT2D eigenvalue weighted by atomic mass is 79.9. The predicted octanol–water partition coefficient (Wildman–Crippen LogP) is 4.39. The maximum Gasteiger partial charge on any atom is 0.211 e. The summed E-state index contributed by atoms with van der Waals surface area (Å²) in [7, 11) is 0. The summed E-state index contributed by atoms with van der Waals surface area (Å²) in [5, 5.41) is 2.85. The van der Waals surface area contributed by atoms with Gasteiger partial charge in [-0.1, -0.05) is 51.8 Å². The molecule has 0 radical (unpaired) electrons. The van der Waals surface area contributed by atoms with E-state index in [1.807, 2.05) is 12.1 Å². The lowest BCUT2D eigenvalue weighted by Gasteiger charge is -2.18. The third kappa shape index (κ3) is 2.52. The number of carbonyl (C=O) groups is 2. The van der Waals surface area contributed by atoms with Crippen molar-refractivity contribution in [3.63, 3.8) is 0 Å². The Morgan fingerprint density at radius 1 is 0.857 bits per heavy atom.